The summed E-state index contributed by atoms with van der Waals surface area (Å²) in [6.07, 6.45) is 9.00. The van der Waals surface area contributed by atoms with Crippen LogP contribution in [0, 0.1) is 29.4 Å². The Labute approximate surface area is 177 Å². The quantitative estimate of drug-likeness (QED) is 0.310. The first-order valence-electron chi connectivity index (χ1n) is 10.7. The predicted octanol–water partition coefficient (Wildman–Crippen LogP) is 7.76. The predicted molar refractivity (Wildman–Crippen MR) is 120 cm³/mol. The highest BCUT2D eigenvalue weighted by atomic mass is 19.1. The first kappa shape index (κ1) is 20.4. The highest BCUT2D eigenvalue weighted by molar-refractivity contribution is 5.84. The second-order valence-electron chi connectivity index (χ2n) is 8.28. The summed E-state index contributed by atoms with van der Waals surface area (Å²) in [4.78, 5) is 0. The molecule has 2 heteroatoms. The molecule has 0 atom stereocenters. The molecule has 0 amide bonds. The molecule has 0 nitrogen and oxygen atoms in total. The van der Waals surface area contributed by atoms with E-state index in [1.165, 1.54) is 31.4 Å². The molecule has 0 heterocycles. The summed E-state index contributed by atoms with van der Waals surface area (Å²) in [5, 5.41) is 1.75. The summed E-state index contributed by atoms with van der Waals surface area (Å²) in [6.45, 7) is 3.81. The molecule has 0 saturated heterocycles. The van der Waals surface area contributed by atoms with Gasteiger partial charge in [0.05, 0.1) is 5.56 Å². The molecular weight excluding hydrogens is 374 g/mol. The molecule has 0 aliphatic heterocycles. The highest BCUT2D eigenvalue weighted by Crippen LogP contribution is 2.37. The van der Waals surface area contributed by atoms with E-state index in [1.54, 1.807) is 18.2 Å². The Bertz CT molecular complexity index is 1110. The largest absolute Gasteiger partial charge is 0.207 e. The van der Waals surface area contributed by atoms with Crippen LogP contribution in [0.25, 0.3) is 10.8 Å². The summed E-state index contributed by atoms with van der Waals surface area (Å²) >= 11 is 0. The minimum atomic E-state index is -0.256. The first-order valence-corrected chi connectivity index (χ1v) is 10.7. The van der Waals surface area contributed by atoms with Crippen LogP contribution in [0.3, 0.4) is 0 Å². The van der Waals surface area contributed by atoms with E-state index in [0.717, 1.165) is 47.1 Å². The summed E-state index contributed by atoms with van der Waals surface area (Å²) < 4.78 is 28.0. The normalized spacial score (nSPS) is 18.6. The van der Waals surface area contributed by atoms with Crippen molar-refractivity contribution < 1.29 is 8.78 Å². The lowest BCUT2D eigenvalue weighted by Gasteiger charge is -2.28. The van der Waals surface area contributed by atoms with Gasteiger partial charge in [-0.05, 0) is 103 Å². The number of rotatable bonds is 4. The molecule has 0 unspecified atom stereocenters. The highest BCUT2D eigenvalue weighted by Gasteiger charge is 2.22. The van der Waals surface area contributed by atoms with E-state index in [9.17, 15) is 8.78 Å². The van der Waals surface area contributed by atoms with E-state index in [0.29, 0.717) is 11.5 Å². The van der Waals surface area contributed by atoms with Crippen molar-refractivity contribution in [2.75, 3.05) is 0 Å². The molecule has 1 aliphatic carbocycles. The smallest absolute Gasteiger partial charge is 0.139 e. The Kier molecular flexibility index (Phi) is 6.29. The average molecular weight is 401 g/mol. The van der Waals surface area contributed by atoms with Gasteiger partial charge in [-0.1, -0.05) is 36.1 Å². The van der Waals surface area contributed by atoms with Gasteiger partial charge < -0.3 is 0 Å². The van der Waals surface area contributed by atoms with Gasteiger partial charge >= 0.3 is 0 Å². The summed E-state index contributed by atoms with van der Waals surface area (Å²) in [7, 11) is 0. The van der Waals surface area contributed by atoms with E-state index in [-0.39, 0.29) is 11.6 Å². The Morgan fingerprint density at radius 1 is 0.867 bits per heavy atom. The van der Waals surface area contributed by atoms with Crippen molar-refractivity contribution in [3.8, 4) is 11.8 Å². The van der Waals surface area contributed by atoms with Crippen molar-refractivity contribution >= 4 is 10.8 Å². The second kappa shape index (κ2) is 9.26. The van der Waals surface area contributed by atoms with E-state index in [2.05, 4.69) is 18.4 Å². The van der Waals surface area contributed by atoms with Crippen LogP contribution in [0.5, 0.6) is 0 Å². The van der Waals surface area contributed by atoms with Crippen LogP contribution in [0.15, 0.2) is 67.3 Å². The molecule has 0 N–H and O–H groups in total. The minimum Gasteiger partial charge on any atom is -0.207 e. The van der Waals surface area contributed by atoms with Crippen molar-refractivity contribution in [3.05, 3.63) is 95.6 Å². The molecule has 152 valence electrons. The maximum atomic E-state index is 14.7. The van der Waals surface area contributed by atoms with Crippen LogP contribution in [0.1, 0.15) is 61.1 Å². The minimum absolute atomic E-state index is 0.253. The summed E-state index contributed by atoms with van der Waals surface area (Å²) in [6, 6.07) is 15.8. The van der Waals surface area contributed by atoms with Crippen LogP contribution >= 0.6 is 0 Å². The number of hydrogen-bond donors (Lipinski definition) is 0. The summed E-state index contributed by atoms with van der Waals surface area (Å²) in [5.74, 6) is 6.72. The SMILES string of the molecule is C=CCCC1CCC(c2ccc(C#Cc3ccc4cc(F)ccc4c3)c(F)c2)CC1. The lowest BCUT2D eigenvalue weighted by molar-refractivity contribution is 0.311. The Hall–Kier alpha value is -2.92. The molecule has 0 bridgehead atoms. The van der Waals surface area contributed by atoms with E-state index < -0.39 is 0 Å². The number of halogens is 2. The average Bonchev–Trinajstić information content (AvgIpc) is 2.77. The van der Waals surface area contributed by atoms with Gasteiger partial charge in [-0.25, -0.2) is 8.78 Å². The van der Waals surface area contributed by atoms with Crippen molar-refractivity contribution in [1.29, 1.82) is 0 Å². The zero-order valence-electron chi connectivity index (χ0n) is 17.1. The standard InChI is InChI=1S/C28H26F2/c1-2-3-4-20-5-9-22(10-6-20)26-14-13-23(28(30)19-26)11-7-21-8-12-25-18-27(29)16-15-24(25)17-21/h2,8,12-20,22H,1,3-6,9-10H2. The molecule has 0 aromatic heterocycles. The molecular formula is C28H26F2. The number of allylic oxidation sites excluding steroid dienone is 1. The Morgan fingerprint density at radius 3 is 2.40 bits per heavy atom. The Morgan fingerprint density at radius 2 is 1.63 bits per heavy atom. The van der Waals surface area contributed by atoms with Crippen molar-refractivity contribution in [2.24, 2.45) is 5.92 Å². The molecule has 0 spiro atoms. The topological polar surface area (TPSA) is 0 Å². The molecule has 30 heavy (non-hydrogen) atoms. The lowest BCUT2D eigenvalue weighted by Crippen LogP contribution is -2.13. The molecule has 4 rings (SSSR count). The van der Waals surface area contributed by atoms with Gasteiger partial charge in [0, 0.05) is 5.56 Å². The third-order valence-corrected chi connectivity index (χ3v) is 6.23. The van der Waals surface area contributed by atoms with Gasteiger partial charge in [-0.3, -0.25) is 0 Å². The molecule has 1 aliphatic rings. The fraction of sp³-hybridized carbons (Fsp3) is 0.286. The van der Waals surface area contributed by atoms with Crippen LogP contribution < -0.4 is 0 Å². The van der Waals surface area contributed by atoms with Gasteiger partial charge in [-0.15, -0.1) is 6.58 Å². The third-order valence-electron chi connectivity index (χ3n) is 6.23. The monoisotopic (exact) mass is 400 g/mol. The maximum Gasteiger partial charge on any atom is 0.139 e. The number of fused-ring (bicyclic) bond motifs is 1. The van der Waals surface area contributed by atoms with Crippen LogP contribution in [-0.2, 0) is 0 Å². The zero-order chi connectivity index (χ0) is 20.9. The molecule has 0 radical (unpaired) electrons. The fourth-order valence-electron chi connectivity index (χ4n) is 4.46. The maximum absolute atomic E-state index is 14.7. The summed E-state index contributed by atoms with van der Waals surface area (Å²) in [5.41, 5.74) is 2.29. The number of benzene rings is 3. The zero-order valence-corrected chi connectivity index (χ0v) is 17.1. The van der Waals surface area contributed by atoms with Crippen molar-refractivity contribution in [2.45, 2.75) is 44.4 Å². The van der Waals surface area contributed by atoms with Gasteiger partial charge in [0.1, 0.15) is 11.6 Å². The fourth-order valence-corrected chi connectivity index (χ4v) is 4.46. The van der Waals surface area contributed by atoms with Gasteiger partial charge in [-0.2, -0.15) is 0 Å². The van der Waals surface area contributed by atoms with Crippen LogP contribution in [0.2, 0.25) is 0 Å². The van der Waals surface area contributed by atoms with E-state index >= 15 is 0 Å². The molecule has 1 saturated carbocycles. The molecule has 3 aromatic rings. The van der Waals surface area contributed by atoms with Gasteiger partial charge in [0.15, 0.2) is 0 Å². The number of hydrogen-bond acceptors (Lipinski definition) is 0. The van der Waals surface area contributed by atoms with E-state index in [4.69, 9.17) is 0 Å². The molecule has 3 aromatic carbocycles. The second-order valence-corrected chi connectivity index (χ2v) is 8.28. The van der Waals surface area contributed by atoms with Crippen molar-refractivity contribution in [3.63, 3.8) is 0 Å². The van der Waals surface area contributed by atoms with Crippen molar-refractivity contribution in [1.82, 2.24) is 0 Å². The van der Waals surface area contributed by atoms with E-state index in [1.807, 2.05) is 30.3 Å². The third kappa shape index (κ3) is 4.79. The molecule has 1 fully saturated rings. The van der Waals surface area contributed by atoms with Crippen LogP contribution in [-0.4, -0.2) is 0 Å². The lowest BCUT2D eigenvalue weighted by atomic mass is 9.77. The van der Waals surface area contributed by atoms with Crippen LogP contribution in [0.4, 0.5) is 8.78 Å². The Balaban J connectivity index is 1.46. The first-order chi connectivity index (χ1) is 14.6. The van der Waals surface area contributed by atoms with Gasteiger partial charge in [0.25, 0.3) is 0 Å². The van der Waals surface area contributed by atoms with Gasteiger partial charge in [0.2, 0.25) is 0 Å².